The van der Waals surface area contributed by atoms with Crippen molar-refractivity contribution in [3.63, 3.8) is 0 Å². The smallest absolute Gasteiger partial charge is 0.305 e. The van der Waals surface area contributed by atoms with Gasteiger partial charge >= 0.3 is 5.97 Å². The van der Waals surface area contributed by atoms with Gasteiger partial charge < -0.3 is 4.74 Å². The lowest BCUT2D eigenvalue weighted by atomic mass is 10.0. The fourth-order valence-corrected chi connectivity index (χ4v) is 5.25. The van der Waals surface area contributed by atoms with Gasteiger partial charge in [0.25, 0.3) is 0 Å². The third kappa shape index (κ3) is 33.2. The van der Waals surface area contributed by atoms with Gasteiger partial charge in [-0.1, -0.05) is 174 Å². The highest BCUT2D eigenvalue weighted by atomic mass is 16.5. The topological polar surface area (TPSA) is 26.3 Å². The molecule has 0 spiro atoms. The van der Waals surface area contributed by atoms with Crippen LogP contribution in [-0.2, 0) is 9.53 Å². The summed E-state index contributed by atoms with van der Waals surface area (Å²) in [5.41, 5.74) is 0. The molecule has 0 N–H and O–H groups in total. The van der Waals surface area contributed by atoms with E-state index in [4.69, 9.17) is 4.74 Å². The number of allylic oxidation sites excluding steroid dienone is 2. The van der Waals surface area contributed by atoms with Crippen molar-refractivity contribution in [2.45, 2.75) is 206 Å². The summed E-state index contributed by atoms with van der Waals surface area (Å²) >= 11 is 0. The van der Waals surface area contributed by atoms with Gasteiger partial charge in [-0.05, 0) is 38.5 Å². The second-order valence-corrected chi connectivity index (χ2v) is 11.9. The lowest BCUT2D eigenvalue weighted by Crippen LogP contribution is -2.05. The maximum absolute atomic E-state index is 11.9. The Morgan fingerprint density at radius 1 is 0.421 bits per heavy atom. The Morgan fingerprint density at radius 3 is 1.13 bits per heavy atom. The molecule has 0 aliphatic heterocycles. The molecule has 0 saturated heterocycles. The summed E-state index contributed by atoms with van der Waals surface area (Å²) < 4.78 is 5.43. The Hall–Kier alpha value is -0.790. The quantitative estimate of drug-likeness (QED) is 0.0487. The summed E-state index contributed by atoms with van der Waals surface area (Å²) in [6, 6.07) is 0. The van der Waals surface area contributed by atoms with E-state index < -0.39 is 0 Å². The van der Waals surface area contributed by atoms with E-state index in [1.54, 1.807) is 0 Å². The molecular weight excluding hydrogens is 464 g/mol. The van der Waals surface area contributed by atoms with Crippen LogP contribution in [0.2, 0.25) is 0 Å². The Kier molecular flexibility index (Phi) is 33.5. The third-order valence-corrected chi connectivity index (χ3v) is 7.90. The van der Waals surface area contributed by atoms with E-state index in [-0.39, 0.29) is 5.97 Å². The second-order valence-electron chi connectivity index (χ2n) is 11.9. The molecule has 0 aromatic heterocycles. The van der Waals surface area contributed by atoms with Crippen LogP contribution in [0.4, 0.5) is 0 Å². The highest BCUT2D eigenvalue weighted by molar-refractivity contribution is 5.69. The first kappa shape index (κ1) is 37.2. The summed E-state index contributed by atoms with van der Waals surface area (Å²) in [7, 11) is 0. The molecule has 0 aliphatic rings. The average Bonchev–Trinajstić information content (AvgIpc) is 2.92. The Bertz CT molecular complexity index is 470. The predicted octanol–water partition coefficient (Wildman–Crippen LogP) is 12.8. The lowest BCUT2D eigenvalue weighted by molar-refractivity contribution is -0.143. The Morgan fingerprint density at radius 2 is 0.737 bits per heavy atom. The van der Waals surface area contributed by atoms with Crippen LogP contribution in [0.25, 0.3) is 0 Å². The maximum atomic E-state index is 11.9. The number of rotatable bonds is 32. The molecule has 38 heavy (non-hydrogen) atoms. The summed E-state index contributed by atoms with van der Waals surface area (Å²) in [5, 5.41) is 0. The highest BCUT2D eigenvalue weighted by Gasteiger charge is 2.02. The summed E-state index contributed by atoms with van der Waals surface area (Å²) in [6.07, 6.45) is 44.1. The third-order valence-electron chi connectivity index (χ3n) is 7.90. The number of carbonyl (C=O) groups is 1. The maximum Gasteiger partial charge on any atom is 0.305 e. The van der Waals surface area contributed by atoms with Crippen LogP contribution in [0, 0.1) is 0 Å². The molecule has 0 heterocycles. The largest absolute Gasteiger partial charge is 0.466 e. The van der Waals surface area contributed by atoms with Crippen LogP contribution >= 0.6 is 0 Å². The second kappa shape index (κ2) is 34.2. The molecule has 0 radical (unpaired) electrons. The monoisotopic (exact) mass is 535 g/mol. The lowest BCUT2D eigenvalue weighted by Gasteiger charge is -2.05. The van der Waals surface area contributed by atoms with Gasteiger partial charge in [0.1, 0.15) is 0 Å². The minimum Gasteiger partial charge on any atom is -0.466 e. The minimum atomic E-state index is 0.0172. The van der Waals surface area contributed by atoms with Gasteiger partial charge in [-0.2, -0.15) is 0 Å². The number of hydrogen-bond acceptors (Lipinski definition) is 2. The first-order chi connectivity index (χ1) is 18.8. The minimum absolute atomic E-state index is 0.0172. The zero-order valence-electron chi connectivity index (χ0n) is 26.4. The zero-order valence-corrected chi connectivity index (χ0v) is 26.4. The number of hydrogen-bond donors (Lipinski definition) is 0. The molecule has 0 unspecified atom stereocenters. The van der Waals surface area contributed by atoms with E-state index >= 15 is 0 Å². The summed E-state index contributed by atoms with van der Waals surface area (Å²) in [5.74, 6) is 0.0172. The number of carbonyl (C=O) groups excluding carboxylic acids is 1. The van der Waals surface area contributed by atoms with Crippen molar-refractivity contribution in [3.8, 4) is 0 Å². The molecule has 226 valence electrons. The molecule has 0 bridgehead atoms. The Balaban J connectivity index is 3.18. The van der Waals surface area contributed by atoms with E-state index in [2.05, 4.69) is 26.0 Å². The summed E-state index contributed by atoms with van der Waals surface area (Å²) in [6.45, 7) is 5.20. The van der Waals surface area contributed by atoms with Crippen LogP contribution in [0.5, 0.6) is 0 Å². The molecule has 0 aromatic carbocycles. The molecule has 2 nitrogen and oxygen atoms in total. The fourth-order valence-electron chi connectivity index (χ4n) is 5.25. The van der Waals surface area contributed by atoms with Gasteiger partial charge in [0.2, 0.25) is 0 Å². The van der Waals surface area contributed by atoms with E-state index in [0.717, 1.165) is 19.3 Å². The van der Waals surface area contributed by atoms with Gasteiger partial charge in [0, 0.05) is 6.42 Å². The molecule has 0 aromatic rings. The van der Waals surface area contributed by atoms with Crippen molar-refractivity contribution in [3.05, 3.63) is 12.2 Å². The van der Waals surface area contributed by atoms with Crippen LogP contribution in [0.1, 0.15) is 206 Å². The van der Waals surface area contributed by atoms with Gasteiger partial charge in [-0.25, -0.2) is 0 Å². The first-order valence-corrected chi connectivity index (χ1v) is 17.6. The van der Waals surface area contributed by atoms with Crippen LogP contribution in [-0.4, -0.2) is 12.6 Å². The van der Waals surface area contributed by atoms with E-state index in [0.29, 0.717) is 13.0 Å². The van der Waals surface area contributed by atoms with Gasteiger partial charge in [-0.3, -0.25) is 4.79 Å². The van der Waals surface area contributed by atoms with Crippen LogP contribution in [0.15, 0.2) is 12.2 Å². The molecule has 0 amide bonds. The molecule has 2 heteroatoms. The SMILES string of the molecule is CCCCCCCC/C=C\CCCCCCCC(=O)OCCCCCCCCCCCCCCCCCC. The molecule has 0 aliphatic carbocycles. The highest BCUT2D eigenvalue weighted by Crippen LogP contribution is 2.14. The molecule has 0 saturated carbocycles. The normalized spacial score (nSPS) is 11.5. The summed E-state index contributed by atoms with van der Waals surface area (Å²) in [4.78, 5) is 11.9. The molecule has 0 atom stereocenters. The van der Waals surface area contributed by atoms with Gasteiger partial charge in [0.15, 0.2) is 0 Å². The zero-order chi connectivity index (χ0) is 27.6. The van der Waals surface area contributed by atoms with E-state index in [1.165, 1.54) is 167 Å². The molecular formula is C36H70O2. The Labute approximate surface area is 240 Å². The van der Waals surface area contributed by atoms with Crippen LogP contribution < -0.4 is 0 Å². The van der Waals surface area contributed by atoms with Crippen LogP contribution in [0.3, 0.4) is 0 Å². The van der Waals surface area contributed by atoms with Crippen molar-refractivity contribution < 1.29 is 9.53 Å². The van der Waals surface area contributed by atoms with Gasteiger partial charge in [0.05, 0.1) is 6.61 Å². The van der Waals surface area contributed by atoms with Crippen molar-refractivity contribution in [2.75, 3.05) is 6.61 Å². The average molecular weight is 535 g/mol. The van der Waals surface area contributed by atoms with Crippen molar-refractivity contribution in [1.82, 2.24) is 0 Å². The standard InChI is InChI=1S/C36H70O2/c1-3-5-7-9-11-13-15-17-19-21-23-25-27-29-31-33-35-38-36(37)34-32-30-28-26-24-22-20-18-16-14-12-10-8-6-4-2/h18,20H,3-17,19,21-35H2,1-2H3/b20-18-. The van der Waals surface area contributed by atoms with E-state index in [9.17, 15) is 4.79 Å². The number of ether oxygens (including phenoxy) is 1. The fraction of sp³-hybridized carbons (Fsp3) is 0.917. The van der Waals surface area contributed by atoms with Crippen molar-refractivity contribution in [1.29, 1.82) is 0 Å². The van der Waals surface area contributed by atoms with E-state index in [1.807, 2.05) is 0 Å². The molecule has 0 fully saturated rings. The van der Waals surface area contributed by atoms with Crippen molar-refractivity contribution in [2.24, 2.45) is 0 Å². The van der Waals surface area contributed by atoms with Gasteiger partial charge in [-0.15, -0.1) is 0 Å². The number of esters is 1. The van der Waals surface area contributed by atoms with Crippen molar-refractivity contribution >= 4 is 5.97 Å². The first-order valence-electron chi connectivity index (χ1n) is 17.6. The number of unbranched alkanes of at least 4 members (excludes halogenated alkanes) is 26. The predicted molar refractivity (Wildman–Crippen MR) is 170 cm³/mol. The molecule has 0 rings (SSSR count).